The van der Waals surface area contributed by atoms with Crippen LogP contribution in [0.15, 0.2) is 17.0 Å². The Morgan fingerprint density at radius 2 is 2.12 bits per heavy atom. The summed E-state index contributed by atoms with van der Waals surface area (Å²) in [5.41, 5.74) is 1.11. The molecule has 0 aliphatic heterocycles. The van der Waals surface area contributed by atoms with Gasteiger partial charge >= 0.3 is 11.9 Å². The first-order valence-corrected chi connectivity index (χ1v) is 6.02. The Hall–Kier alpha value is -1.62. The Bertz CT molecular complexity index is 471. The molecule has 0 atom stereocenters. The summed E-state index contributed by atoms with van der Waals surface area (Å²) in [6.07, 6.45) is 0. The van der Waals surface area contributed by atoms with Crippen LogP contribution < -0.4 is 0 Å². The fourth-order valence-electron chi connectivity index (χ4n) is 1.47. The van der Waals surface area contributed by atoms with Crippen LogP contribution in [-0.2, 0) is 14.3 Å². The molecular weight excluding hydrogens is 240 g/mol. The van der Waals surface area contributed by atoms with Crippen LogP contribution in [0.2, 0.25) is 0 Å². The van der Waals surface area contributed by atoms with Gasteiger partial charge in [-0.25, -0.2) is 9.59 Å². The van der Waals surface area contributed by atoms with Crippen LogP contribution in [0.5, 0.6) is 0 Å². The molecule has 0 bridgehead atoms. The summed E-state index contributed by atoms with van der Waals surface area (Å²) in [6, 6.07) is 1.88. The zero-order chi connectivity index (χ0) is 13.0. The molecule has 1 rings (SSSR count). The number of ether oxygens (including phenoxy) is 1. The summed E-state index contributed by atoms with van der Waals surface area (Å²) in [4.78, 5) is 23.5. The van der Waals surface area contributed by atoms with Crippen LogP contribution in [0.4, 0.5) is 0 Å². The monoisotopic (exact) mass is 254 g/mol. The number of carbonyl (C=O) groups excluding carboxylic acids is 1. The summed E-state index contributed by atoms with van der Waals surface area (Å²) in [7, 11) is 0. The number of carbonyl (C=O) groups is 2. The third kappa shape index (κ3) is 2.94. The van der Waals surface area contributed by atoms with Crippen molar-refractivity contribution in [3.8, 4) is 0 Å². The molecule has 4 nitrogen and oxygen atoms in total. The zero-order valence-corrected chi connectivity index (χ0v) is 10.8. The maximum Gasteiger partial charge on any atom is 0.345 e. The standard InChI is InChI=1S/C12H14O4S/c1-4-16-12(15)9(11(13)14)8(3)10-7(2)5-6-17-10/h5-6H,4H2,1-3H3,(H,13,14). The minimum Gasteiger partial charge on any atom is -0.477 e. The molecule has 1 heterocycles. The number of aliphatic carboxylic acids is 1. The van der Waals surface area contributed by atoms with E-state index in [1.54, 1.807) is 13.8 Å². The van der Waals surface area contributed by atoms with Gasteiger partial charge in [-0.05, 0) is 43.4 Å². The van der Waals surface area contributed by atoms with E-state index in [1.807, 2.05) is 18.4 Å². The van der Waals surface area contributed by atoms with Gasteiger partial charge in [-0.1, -0.05) is 0 Å². The van der Waals surface area contributed by atoms with E-state index < -0.39 is 11.9 Å². The predicted molar refractivity (Wildman–Crippen MR) is 65.9 cm³/mol. The Labute approximate surface area is 104 Å². The molecule has 0 aliphatic carbocycles. The minimum atomic E-state index is -1.26. The van der Waals surface area contributed by atoms with Gasteiger partial charge in [0.2, 0.25) is 0 Å². The number of esters is 1. The second-order valence-corrected chi connectivity index (χ2v) is 4.37. The smallest absolute Gasteiger partial charge is 0.345 e. The SMILES string of the molecule is CCOC(=O)C(C(=O)O)=C(C)c1sccc1C. The lowest BCUT2D eigenvalue weighted by atomic mass is 10.1. The largest absolute Gasteiger partial charge is 0.477 e. The summed E-state index contributed by atoms with van der Waals surface area (Å²) in [5.74, 6) is -2.04. The molecule has 1 aromatic rings. The number of carboxylic acids is 1. The van der Waals surface area contributed by atoms with Crippen molar-refractivity contribution in [3.05, 3.63) is 27.5 Å². The Morgan fingerprint density at radius 1 is 1.47 bits per heavy atom. The van der Waals surface area contributed by atoms with E-state index in [-0.39, 0.29) is 12.2 Å². The van der Waals surface area contributed by atoms with Gasteiger partial charge in [0.1, 0.15) is 5.57 Å². The van der Waals surface area contributed by atoms with E-state index in [0.29, 0.717) is 5.57 Å². The van der Waals surface area contributed by atoms with E-state index in [2.05, 4.69) is 0 Å². The van der Waals surface area contributed by atoms with E-state index in [9.17, 15) is 9.59 Å². The topological polar surface area (TPSA) is 63.6 Å². The molecule has 17 heavy (non-hydrogen) atoms. The molecule has 0 aliphatic rings. The van der Waals surface area contributed by atoms with Gasteiger partial charge in [-0.3, -0.25) is 0 Å². The molecule has 0 spiro atoms. The summed E-state index contributed by atoms with van der Waals surface area (Å²) in [6.45, 7) is 5.30. The molecule has 92 valence electrons. The average molecular weight is 254 g/mol. The Balaban J connectivity index is 3.25. The maximum atomic E-state index is 11.6. The lowest BCUT2D eigenvalue weighted by Gasteiger charge is -2.07. The van der Waals surface area contributed by atoms with Crippen molar-refractivity contribution in [1.29, 1.82) is 0 Å². The highest BCUT2D eigenvalue weighted by molar-refractivity contribution is 7.11. The number of allylic oxidation sites excluding steroid dienone is 1. The number of thiophene rings is 1. The van der Waals surface area contributed by atoms with Crippen molar-refractivity contribution in [1.82, 2.24) is 0 Å². The fraction of sp³-hybridized carbons (Fsp3) is 0.333. The first-order chi connectivity index (χ1) is 7.99. The van der Waals surface area contributed by atoms with E-state index in [4.69, 9.17) is 9.84 Å². The second-order valence-electron chi connectivity index (χ2n) is 3.46. The fourth-order valence-corrected chi connectivity index (χ4v) is 2.42. The third-order valence-electron chi connectivity index (χ3n) is 2.27. The summed E-state index contributed by atoms with van der Waals surface area (Å²) >= 11 is 1.41. The molecule has 0 saturated heterocycles. The van der Waals surface area contributed by atoms with Crippen LogP contribution in [-0.4, -0.2) is 23.7 Å². The van der Waals surface area contributed by atoms with Gasteiger partial charge in [-0.15, -0.1) is 11.3 Å². The molecule has 1 N–H and O–H groups in total. The molecule has 0 saturated carbocycles. The molecule has 0 radical (unpaired) electrons. The van der Waals surface area contributed by atoms with Crippen molar-refractivity contribution in [2.45, 2.75) is 20.8 Å². The van der Waals surface area contributed by atoms with Gasteiger partial charge < -0.3 is 9.84 Å². The minimum absolute atomic E-state index is 0.159. The number of hydrogen-bond donors (Lipinski definition) is 1. The second kappa shape index (κ2) is 5.63. The van der Waals surface area contributed by atoms with Gasteiger partial charge in [0, 0.05) is 4.88 Å². The highest BCUT2D eigenvalue weighted by Crippen LogP contribution is 2.27. The first kappa shape index (κ1) is 13.4. The van der Waals surface area contributed by atoms with Gasteiger partial charge in [0.05, 0.1) is 6.61 Å². The van der Waals surface area contributed by atoms with Crippen molar-refractivity contribution < 1.29 is 19.4 Å². The third-order valence-corrected chi connectivity index (χ3v) is 3.41. The zero-order valence-electron chi connectivity index (χ0n) is 9.94. The van der Waals surface area contributed by atoms with Gasteiger partial charge in [0.15, 0.2) is 0 Å². The Morgan fingerprint density at radius 3 is 2.53 bits per heavy atom. The number of hydrogen-bond acceptors (Lipinski definition) is 4. The number of aryl methyl sites for hydroxylation is 1. The lowest BCUT2D eigenvalue weighted by Crippen LogP contribution is -2.16. The quantitative estimate of drug-likeness (QED) is 0.388. The summed E-state index contributed by atoms with van der Waals surface area (Å²) < 4.78 is 4.75. The molecular formula is C12H14O4S. The average Bonchev–Trinajstić information content (AvgIpc) is 2.64. The van der Waals surface area contributed by atoms with E-state index >= 15 is 0 Å². The molecule has 0 fully saturated rings. The van der Waals surface area contributed by atoms with Crippen molar-refractivity contribution >= 4 is 28.8 Å². The van der Waals surface area contributed by atoms with Gasteiger partial charge in [0.25, 0.3) is 0 Å². The molecule has 5 heteroatoms. The maximum absolute atomic E-state index is 11.6. The van der Waals surface area contributed by atoms with Crippen LogP contribution in [0, 0.1) is 6.92 Å². The molecule has 0 unspecified atom stereocenters. The van der Waals surface area contributed by atoms with E-state index in [0.717, 1.165) is 10.4 Å². The highest BCUT2D eigenvalue weighted by Gasteiger charge is 2.23. The molecule has 0 amide bonds. The Kier molecular flexibility index (Phi) is 4.45. The first-order valence-electron chi connectivity index (χ1n) is 5.14. The van der Waals surface area contributed by atoms with Crippen molar-refractivity contribution in [3.63, 3.8) is 0 Å². The van der Waals surface area contributed by atoms with Crippen LogP contribution in [0.25, 0.3) is 5.57 Å². The number of carboxylic acid groups (broad SMARTS) is 1. The van der Waals surface area contributed by atoms with Crippen molar-refractivity contribution in [2.75, 3.05) is 6.61 Å². The number of rotatable bonds is 4. The van der Waals surface area contributed by atoms with Crippen LogP contribution >= 0.6 is 11.3 Å². The van der Waals surface area contributed by atoms with Crippen molar-refractivity contribution in [2.24, 2.45) is 0 Å². The molecule has 0 aromatic carbocycles. The van der Waals surface area contributed by atoms with Crippen LogP contribution in [0.3, 0.4) is 0 Å². The summed E-state index contributed by atoms with van der Waals surface area (Å²) in [5, 5.41) is 10.9. The van der Waals surface area contributed by atoms with Gasteiger partial charge in [-0.2, -0.15) is 0 Å². The lowest BCUT2D eigenvalue weighted by molar-refractivity contribution is -0.143. The van der Waals surface area contributed by atoms with Crippen LogP contribution in [0.1, 0.15) is 24.3 Å². The predicted octanol–water partition coefficient (Wildman–Crippen LogP) is 2.48. The normalized spacial score (nSPS) is 11.9. The highest BCUT2D eigenvalue weighted by atomic mass is 32.1. The van der Waals surface area contributed by atoms with E-state index in [1.165, 1.54) is 11.3 Å². The molecule has 1 aromatic heterocycles.